The van der Waals surface area contributed by atoms with Gasteiger partial charge in [0, 0.05) is 32.1 Å². The van der Waals surface area contributed by atoms with Gasteiger partial charge in [-0.1, -0.05) is 0 Å². The van der Waals surface area contributed by atoms with Gasteiger partial charge in [0.15, 0.2) is 0 Å². The molecule has 9 heteroatoms. The Hall–Kier alpha value is -1.96. The largest absolute Gasteiger partial charge is 0.347 e. The fourth-order valence-electron chi connectivity index (χ4n) is 3.01. The van der Waals surface area contributed by atoms with Gasteiger partial charge in [0.25, 0.3) is 0 Å². The maximum absolute atomic E-state index is 11.7. The molecule has 1 aromatic heterocycles. The molecule has 3 heterocycles. The Morgan fingerprint density at radius 3 is 2.86 bits per heavy atom. The maximum atomic E-state index is 11.7. The molecule has 2 saturated heterocycles. The van der Waals surface area contributed by atoms with E-state index in [2.05, 4.69) is 9.97 Å². The Labute approximate surface area is 125 Å². The van der Waals surface area contributed by atoms with E-state index >= 15 is 0 Å². The predicted octanol–water partition coefficient (Wildman–Crippen LogP) is 1.16. The van der Waals surface area contributed by atoms with Crippen molar-refractivity contribution in [3.63, 3.8) is 0 Å². The average Bonchev–Trinajstić information content (AvgIpc) is 2.78. The number of anilines is 1. The summed E-state index contributed by atoms with van der Waals surface area (Å²) in [5.74, 6) is 0.405. The first kappa shape index (κ1) is 14.0. The summed E-state index contributed by atoms with van der Waals surface area (Å²) in [6, 6.07) is 0.0971. The number of hydrogen-bond donors (Lipinski definition) is 0. The van der Waals surface area contributed by atoms with E-state index in [9.17, 15) is 14.9 Å². The minimum atomic E-state index is -0.479. The number of hydrogen-bond acceptors (Lipinski definition) is 6. The predicted molar refractivity (Wildman–Crippen MR) is 75.4 cm³/mol. The number of aromatic nitrogens is 2. The lowest BCUT2D eigenvalue weighted by atomic mass is 10.1. The van der Waals surface area contributed by atoms with Crippen LogP contribution in [0.2, 0.25) is 5.28 Å². The van der Waals surface area contributed by atoms with Crippen LogP contribution in [0, 0.1) is 17.0 Å². The summed E-state index contributed by atoms with van der Waals surface area (Å²) in [6.07, 6.45) is 1.32. The number of carbonyl (C=O) groups is 1. The van der Waals surface area contributed by atoms with Gasteiger partial charge in [-0.25, -0.2) is 4.98 Å². The number of piperazine rings is 1. The smallest absolute Gasteiger partial charge is 0.332 e. The van der Waals surface area contributed by atoms with Crippen LogP contribution in [0.1, 0.15) is 18.5 Å². The molecular weight excluding hydrogens is 298 g/mol. The first-order valence-corrected chi connectivity index (χ1v) is 7.08. The third-order valence-electron chi connectivity index (χ3n) is 3.99. The summed E-state index contributed by atoms with van der Waals surface area (Å²) in [4.78, 5) is 34.1. The first-order chi connectivity index (χ1) is 9.97. The second kappa shape index (κ2) is 5.10. The van der Waals surface area contributed by atoms with Gasteiger partial charge >= 0.3 is 5.69 Å². The van der Waals surface area contributed by atoms with E-state index in [4.69, 9.17) is 11.6 Å². The lowest BCUT2D eigenvalue weighted by molar-refractivity contribution is -0.385. The minimum absolute atomic E-state index is 0.00183. The molecule has 8 nitrogen and oxygen atoms in total. The number of nitro groups is 1. The maximum Gasteiger partial charge on any atom is 0.332 e. The standard InChI is InChI=1S/C12H14ClN5O3/c1-7-10(18(20)21)11(15-12(13)14-7)16-4-5-17-8(6-16)2-3-9(17)19/h8H,2-6H2,1H3. The molecule has 0 saturated carbocycles. The third-order valence-corrected chi connectivity index (χ3v) is 4.16. The number of aryl methyl sites for hydroxylation is 1. The summed E-state index contributed by atoms with van der Waals surface area (Å²) in [7, 11) is 0. The van der Waals surface area contributed by atoms with Crippen LogP contribution in [0.5, 0.6) is 0 Å². The fourth-order valence-corrected chi connectivity index (χ4v) is 3.22. The highest BCUT2D eigenvalue weighted by atomic mass is 35.5. The van der Waals surface area contributed by atoms with Crippen LogP contribution in [0.3, 0.4) is 0 Å². The number of nitrogens with zero attached hydrogens (tertiary/aromatic N) is 5. The van der Waals surface area contributed by atoms with E-state index in [-0.39, 0.29) is 34.4 Å². The molecule has 2 fully saturated rings. The highest BCUT2D eigenvalue weighted by molar-refractivity contribution is 6.28. The van der Waals surface area contributed by atoms with Crippen LogP contribution < -0.4 is 4.90 Å². The van der Waals surface area contributed by atoms with Gasteiger partial charge in [-0.3, -0.25) is 14.9 Å². The van der Waals surface area contributed by atoms with Gasteiger partial charge in [-0.05, 0) is 24.9 Å². The molecule has 2 aliphatic heterocycles. The van der Waals surface area contributed by atoms with Gasteiger partial charge in [0.2, 0.25) is 17.0 Å². The van der Waals surface area contributed by atoms with Crippen LogP contribution in [0.25, 0.3) is 0 Å². The van der Waals surface area contributed by atoms with Gasteiger partial charge in [0.05, 0.1) is 4.92 Å². The first-order valence-electron chi connectivity index (χ1n) is 6.70. The normalized spacial score (nSPS) is 21.6. The molecule has 1 amide bonds. The van der Waals surface area contributed by atoms with E-state index in [1.54, 1.807) is 6.92 Å². The molecule has 0 N–H and O–H groups in total. The second-order valence-electron chi connectivity index (χ2n) is 5.23. The lowest BCUT2D eigenvalue weighted by Gasteiger charge is -2.37. The van der Waals surface area contributed by atoms with Gasteiger partial charge < -0.3 is 9.80 Å². The Kier molecular flexibility index (Phi) is 3.40. The molecule has 3 rings (SSSR count). The summed E-state index contributed by atoms with van der Waals surface area (Å²) in [5.41, 5.74) is 0.136. The van der Waals surface area contributed by atoms with Crippen LogP contribution in [0.15, 0.2) is 0 Å². The van der Waals surface area contributed by atoms with E-state index in [0.29, 0.717) is 26.1 Å². The lowest BCUT2D eigenvalue weighted by Crippen LogP contribution is -2.51. The average molecular weight is 312 g/mol. The van der Waals surface area contributed by atoms with Crippen LogP contribution in [0.4, 0.5) is 11.5 Å². The highest BCUT2D eigenvalue weighted by Crippen LogP contribution is 2.33. The molecule has 0 radical (unpaired) electrons. The number of fused-ring (bicyclic) bond motifs is 1. The molecule has 0 aliphatic carbocycles. The van der Waals surface area contributed by atoms with Crippen LogP contribution >= 0.6 is 11.6 Å². The molecule has 2 aliphatic rings. The van der Waals surface area contributed by atoms with Crippen molar-refractivity contribution in [2.45, 2.75) is 25.8 Å². The molecule has 112 valence electrons. The van der Waals surface area contributed by atoms with Crippen molar-refractivity contribution in [1.29, 1.82) is 0 Å². The zero-order valence-electron chi connectivity index (χ0n) is 11.5. The van der Waals surface area contributed by atoms with Crippen LogP contribution in [-0.4, -0.2) is 51.4 Å². The molecule has 1 unspecified atom stereocenters. The molecule has 0 spiro atoms. The van der Waals surface area contributed by atoms with E-state index in [1.165, 1.54) is 0 Å². The fraction of sp³-hybridized carbons (Fsp3) is 0.583. The zero-order chi connectivity index (χ0) is 15.1. The summed E-state index contributed by atoms with van der Waals surface area (Å²) >= 11 is 5.84. The number of amides is 1. The Bertz CT molecular complexity index is 623. The molecule has 0 bridgehead atoms. The summed E-state index contributed by atoms with van der Waals surface area (Å²) in [5, 5.41) is 11.3. The highest BCUT2D eigenvalue weighted by Gasteiger charge is 2.38. The van der Waals surface area contributed by atoms with Gasteiger partial charge in [-0.15, -0.1) is 0 Å². The third kappa shape index (κ3) is 2.39. The van der Waals surface area contributed by atoms with Crippen molar-refractivity contribution >= 4 is 29.0 Å². The molecule has 1 atom stereocenters. The second-order valence-corrected chi connectivity index (χ2v) is 5.57. The van der Waals surface area contributed by atoms with Crippen molar-refractivity contribution in [2.75, 3.05) is 24.5 Å². The van der Waals surface area contributed by atoms with Gasteiger partial charge in [0.1, 0.15) is 5.69 Å². The Balaban J connectivity index is 1.94. The molecule has 21 heavy (non-hydrogen) atoms. The number of carbonyl (C=O) groups excluding carboxylic acids is 1. The van der Waals surface area contributed by atoms with Gasteiger partial charge in [-0.2, -0.15) is 4.98 Å². The summed E-state index contributed by atoms with van der Waals surface area (Å²) in [6.45, 7) is 3.15. The quantitative estimate of drug-likeness (QED) is 0.462. The van der Waals surface area contributed by atoms with E-state index in [1.807, 2.05) is 9.80 Å². The van der Waals surface area contributed by atoms with E-state index in [0.717, 1.165) is 6.42 Å². The van der Waals surface area contributed by atoms with Crippen molar-refractivity contribution < 1.29 is 9.72 Å². The molecular formula is C12H14ClN5O3. The van der Waals surface area contributed by atoms with E-state index < -0.39 is 4.92 Å². The van der Waals surface area contributed by atoms with Crippen molar-refractivity contribution in [1.82, 2.24) is 14.9 Å². The topological polar surface area (TPSA) is 92.5 Å². The number of rotatable bonds is 2. The van der Waals surface area contributed by atoms with Crippen molar-refractivity contribution in [3.8, 4) is 0 Å². The molecule has 1 aromatic rings. The number of halogens is 1. The SMILES string of the molecule is Cc1nc(Cl)nc(N2CCN3C(=O)CCC3C2)c1[N+](=O)[O-]. The molecule has 0 aromatic carbocycles. The van der Waals surface area contributed by atoms with Crippen LogP contribution in [-0.2, 0) is 4.79 Å². The Morgan fingerprint density at radius 2 is 2.14 bits per heavy atom. The van der Waals surface area contributed by atoms with Crippen molar-refractivity contribution in [3.05, 3.63) is 21.1 Å². The van der Waals surface area contributed by atoms with Crippen molar-refractivity contribution in [2.24, 2.45) is 0 Å². The monoisotopic (exact) mass is 311 g/mol. The zero-order valence-corrected chi connectivity index (χ0v) is 12.2. The summed E-state index contributed by atoms with van der Waals surface area (Å²) < 4.78 is 0. The minimum Gasteiger partial charge on any atom is -0.347 e. The Morgan fingerprint density at radius 1 is 1.38 bits per heavy atom.